The van der Waals surface area contributed by atoms with Crippen LogP contribution in [0.15, 0.2) is 87.0 Å². The minimum absolute atomic E-state index is 0.0306. The van der Waals surface area contributed by atoms with E-state index in [4.69, 9.17) is 5.73 Å². The molecule has 0 spiro atoms. The molecule has 9 heteroatoms. The first-order valence-electron chi connectivity index (χ1n) is 9.00. The largest absolute Gasteiger partial charge is 0.382 e. The van der Waals surface area contributed by atoms with Gasteiger partial charge in [0.15, 0.2) is 5.65 Å². The van der Waals surface area contributed by atoms with Crippen LogP contribution in [0, 0.1) is 0 Å². The number of nitrogens with zero attached hydrogens (tertiary/aromatic N) is 4. The first kappa shape index (κ1) is 18.5. The quantitative estimate of drug-likeness (QED) is 0.432. The van der Waals surface area contributed by atoms with Gasteiger partial charge in [-0.15, -0.1) is 11.3 Å². The molecule has 3 aromatic heterocycles. The summed E-state index contributed by atoms with van der Waals surface area (Å²) in [7, 11) is -3.94. The Labute approximate surface area is 176 Å². The van der Waals surface area contributed by atoms with E-state index >= 15 is 0 Å². The lowest BCUT2D eigenvalue weighted by molar-refractivity contribution is 0.597. The molecule has 0 fully saturated rings. The van der Waals surface area contributed by atoms with Crippen molar-refractivity contribution >= 4 is 55.4 Å². The molecule has 30 heavy (non-hydrogen) atoms. The van der Waals surface area contributed by atoms with Crippen LogP contribution in [0.3, 0.4) is 0 Å². The third-order valence-corrected chi connectivity index (χ3v) is 7.23. The number of para-hydroxylation sites is 2. The fraction of sp³-hybridized carbons (Fsp3) is 0. The number of hydrogen-bond donors (Lipinski definition) is 1. The summed E-state index contributed by atoms with van der Waals surface area (Å²) in [5.74, 6) is -0.0306. The minimum atomic E-state index is -3.94. The number of thiophene rings is 1. The molecule has 0 aliphatic heterocycles. The molecule has 2 aromatic carbocycles. The monoisotopic (exact) mass is 433 g/mol. The highest BCUT2D eigenvalue weighted by Gasteiger charge is 2.30. The fourth-order valence-corrected chi connectivity index (χ4v) is 5.28. The SMILES string of the molecule is Nc1c(S(=O)(=O)c2ccccc2)c2nc3ccccc3nc2n1/N=C\c1cccs1. The molecular formula is C21H15N5O2S2. The zero-order valence-corrected chi connectivity index (χ0v) is 17.1. The maximum Gasteiger partial charge on any atom is 0.212 e. The van der Waals surface area contributed by atoms with E-state index in [0.717, 1.165) is 4.88 Å². The summed E-state index contributed by atoms with van der Waals surface area (Å²) in [5.41, 5.74) is 8.02. The smallest absolute Gasteiger partial charge is 0.212 e. The molecular weight excluding hydrogens is 418 g/mol. The van der Waals surface area contributed by atoms with E-state index in [1.54, 1.807) is 30.5 Å². The van der Waals surface area contributed by atoms with Crippen molar-refractivity contribution in [1.82, 2.24) is 14.6 Å². The van der Waals surface area contributed by atoms with Gasteiger partial charge in [0.1, 0.15) is 16.2 Å². The van der Waals surface area contributed by atoms with Crippen LogP contribution in [0.5, 0.6) is 0 Å². The molecule has 5 aromatic rings. The molecule has 2 N–H and O–H groups in total. The fourth-order valence-electron chi connectivity index (χ4n) is 3.20. The summed E-state index contributed by atoms with van der Waals surface area (Å²) < 4.78 is 28.2. The van der Waals surface area contributed by atoms with Crippen molar-refractivity contribution in [2.24, 2.45) is 5.10 Å². The van der Waals surface area contributed by atoms with Crippen molar-refractivity contribution in [1.29, 1.82) is 0 Å². The Morgan fingerprint density at radius 2 is 1.63 bits per heavy atom. The Morgan fingerprint density at radius 3 is 2.33 bits per heavy atom. The van der Waals surface area contributed by atoms with Crippen molar-refractivity contribution in [3.05, 3.63) is 77.0 Å². The zero-order valence-electron chi connectivity index (χ0n) is 15.5. The lowest BCUT2D eigenvalue weighted by atomic mass is 10.3. The second kappa shape index (κ2) is 7.05. The van der Waals surface area contributed by atoms with Gasteiger partial charge in [-0.2, -0.15) is 9.78 Å². The second-order valence-electron chi connectivity index (χ2n) is 6.49. The Hall–Kier alpha value is -3.56. The van der Waals surface area contributed by atoms with Crippen LogP contribution in [0.2, 0.25) is 0 Å². The summed E-state index contributed by atoms with van der Waals surface area (Å²) in [5, 5.41) is 6.35. The molecule has 0 radical (unpaired) electrons. The third kappa shape index (κ3) is 2.95. The van der Waals surface area contributed by atoms with Gasteiger partial charge in [-0.25, -0.2) is 18.4 Å². The van der Waals surface area contributed by atoms with Crippen LogP contribution in [0.4, 0.5) is 5.82 Å². The Morgan fingerprint density at radius 1 is 0.933 bits per heavy atom. The zero-order chi connectivity index (χ0) is 20.7. The predicted octanol–water partition coefficient (Wildman–Crippen LogP) is 3.94. The van der Waals surface area contributed by atoms with Gasteiger partial charge in [-0.05, 0) is 35.7 Å². The van der Waals surface area contributed by atoms with Crippen LogP contribution < -0.4 is 5.73 Å². The number of sulfone groups is 1. The number of anilines is 1. The topological polar surface area (TPSA) is 103 Å². The number of benzene rings is 2. The van der Waals surface area contributed by atoms with Gasteiger partial charge in [0.25, 0.3) is 0 Å². The summed E-state index contributed by atoms with van der Waals surface area (Å²) in [4.78, 5) is 10.1. The maximum atomic E-state index is 13.4. The molecule has 0 aliphatic rings. The van der Waals surface area contributed by atoms with Crippen LogP contribution >= 0.6 is 11.3 Å². The molecule has 0 amide bonds. The van der Waals surface area contributed by atoms with Crippen LogP contribution in [-0.2, 0) is 9.84 Å². The Bertz CT molecular complexity index is 1510. The highest BCUT2D eigenvalue weighted by atomic mass is 32.2. The normalized spacial score (nSPS) is 12.3. The Kier molecular flexibility index (Phi) is 4.34. The number of rotatable bonds is 4. The van der Waals surface area contributed by atoms with Gasteiger partial charge in [-0.1, -0.05) is 36.4 Å². The first-order chi connectivity index (χ1) is 14.6. The maximum absolute atomic E-state index is 13.4. The van der Waals surface area contributed by atoms with Crippen LogP contribution in [0.25, 0.3) is 22.2 Å². The molecule has 5 rings (SSSR count). The summed E-state index contributed by atoms with van der Waals surface area (Å²) in [6.07, 6.45) is 1.62. The third-order valence-electron chi connectivity index (χ3n) is 4.59. The predicted molar refractivity (Wildman–Crippen MR) is 119 cm³/mol. The van der Waals surface area contributed by atoms with Crippen molar-refractivity contribution in [3.63, 3.8) is 0 Å². The van der Waals surface area contributed by atoms with Gasteiger partial charge >= 0.3 is 0 Å². The molecule has 7 nitrogen and oxygen atoms in total. The van der Waals surface area contributed by atoms with Gasteiger partial charge in [0.05, 0.1) is 22.1 Å². The van der Waals surface area contributed by atoms with E-state index in [1.807, 2.05) is 35.7 Å². The highest BCUT2D eigenvalue weighted by Crippen LogP contribution is 2.35. The molecule has 0 saturated carbocycles. The summed E-state index contributed by atoms with van der Waals surface area (Å²) >= 11 is 1.51. The van der Waals surface area contributed by atoms with E-state index in [-0.39, 0.29) is 26.8 Å². The van der Waals surface area contributed by atoms with E-state index in [2.05, 4.69) is 15.1 Å². The minimum Gasteiger partial charge on any atom is -0.382 e. The van der Waals surface area contributed by atoms with E-state index < -0.39 is 9.84 Å². The van der Waals surface area contributed by atoms with Gasteiger partial charge in [-0.3, -0.25) is 0 Å². The Balaban J connectivity index is 1.84. The van der Waals surface area contributed by atoms with Crippen LogP contribution in [-0.4, -0.2) is 29.3 Å². The van der Waals surface area contributed by atoms with Crippen molar-refractivity contribution in [2.75, 3.05) is 5.73 Å². The van der Waals surface area contributed by atoms with E-state index in [9.17, 15) is 8.42 Å². The molecule has 0 saturated heterocycles. The molecule has 3 heterocycles. The second-order valence-corrected chi connectivity index (χ2v) is 9.35. The van der Waals surface area contributed by atoms with Crippen molar-refractivity contribution in [2.45, 2.75) is 9.79 Å². The average Bonchev–Trinajstić information content (AvgIpc) is 3.37. The summed E-state index contributed by atoms with van der Waals surface area (Å²) in [6.45, 7) is 0. The van der Waals surface area contributed by atoms with Gasteiger partial charge in [0, 0.05) is 4.88 Å². The van der Waals surface area contributed by atoms with Gasteiger partial charge in [0.2, 0.25) is 9.84 Å². The standard InChI is InChI=1S/C21H15N5O2S2/c22-20-19(30(27,28)15-8-2-1-3-9-15)18-21(25-17-11-5-4-10-16(17)24-18)26(20)23-13-14-7-6-12-29-14/h1-13H,22H2/b23-13-. The molecule has 148 valence electrons. The number of aromatic nitrogens is 3. The van der Waals surface area contributed by atoms with E-state index in [1.165, 1.54) is 28.1 Å². The lowest BCUT2D eigenvalue weighted by Crippen LogP contribution is -2.06. The first-order valence-corrected chi connectivity index (χ1v) is 11.4. The number of hydrogen-bond acceptors (Lipinski definition) is 7. The number of nitrogen functional groups attached to an aromatic ring is 1. The highest BCUT2D eigenvalue weighted by molar-refractivity contribution is 7.92. The molecule has 0 aliphatic carbocycles. The molecule has 0 unspecified atom stereocenters. The summed E-state index contributed by atoms with van der Waals surface area (Å²) in [6, 6.07) is 19.2. The van der Waals surface area contributed by atoms with Crippen LogP contribution in [0.1, 0.15) is 4.88 Å². The lowest BCUT2D eigenvalue weighted by Gasteiger charge is -2.04. The number of fused-ring (bicyclic) bond motifs is 2. The number of nitrogens with two attached hydrogens (primary N) is 1. The molecule has 0 atom stereocenters. The average molecular weight is 434 g/mol. The van der Waals surface area contributed by atoms with Crippen molar-refractivity contribution < 1.29 is 8.42 Å². The molecule has 0 bridgehead atoms. The van der Waals surface area contributed by atoms with Gasteiger partial charge < -0.3 is 5.73 Å². The van der Waals surface area contributed by atoms with E-state index in [0.29, 0.717) is 11.0 Å². The van der Waals surface area contributed by atoms with Crippen molar-refractivity contribution in [3.8, 4) is 0 Å².